The van der Waals surface area contributed by atoms with Gasteiger partial charge in [0.15, 0.2) is 0 Å². The van der Waals surface area contributed by atoms with Crippen LogP contribution in [-0.2, 0) is 10.3 Å². The van der Waals surface area contributed by atoms with Crippen LogP contribution in [0.15, 0.2) is 27.8 Å². The van der Waals surface area contributed by atoms with Crippen molar-refractivity contribution in [3.05, 3.63) is 29.3 Å². The first kappa shape index (κ1) is 14.7. The van der Waals surface area contributed by atoms with Crippen molar-refractivity contribution in [2.75, 3.05) is 0 Å². The Hall–Kier alpha value is -0.270. The molecule has 0 fully saturated rings. The average molecular weight is 236 g/mol. The van der Waals surface area contributed by atoms with Gasteiger partial charge >= 0.3 is 29.6 Å². The van der Waals surface area contributed by atoms with E-state index in [-0.39, 0.29) is 29.6 Å². The summed E-state index contributed by atoms with van der Waals surface area (Å²) < 4.78 is 33.3. The van der Waals surface area contributed by atoms with Crippen molar-refractivity contribution in [2.24, 2.45) is 9.63 Å². The second-order valence-electron chi connectivity index (χ2n) is 2.85. The smallest absolute Gasteiger partial charge is 0.728 e. The van der Waals surface area contributed by atoms with Gasteiger partial charge in [-0.15, -0.1) is 5.11 Å². The van der Waals surface area contributed by atoms with E-state index in [2.05, 4.69) is 9.63 Å². The summed E-state index contributed by atoms with van der Waals surface area (Å²) in [6.07, 6.45) is 0. The molecule has 0 spiro atoms. The summed E-state index contributed by atoms with van der Waals surface area (Å²) in [7, 11) is -4.65. The molecule has 1 aromatic carbocycles. The molecule has 0 aromatic heterocycles. The van der Waals surface area contributed by atoms with Gasteiger partial charge in [-0.1, -0.05) is 22.7 Å². The standard InChI is InChI=1S/C8H10N2O3S.Na/c1-6-4-3-5-7(2)8(6)9-10-14(11,12)13;/h3-5H,1-2H3,(H,11,12,13);/q;+1/p-1. The second kappa shape index (κ2) is 5.72. The van der Waals surface area contributed by atoms with E-state index < -0.39 is 10.3 Å². The fraction of sp³-hybridized carbons (Fsp3) is 0.250. The third kappa shape index (κ3) is 4.85. The summed E-state index contributed by atoms with van der Waals surface area (Å²) >= 11 is 0. The SMILES string of the molecule is Cc1cccc(C)c1N=NS(=O)(=O)[O-].[Na+]. The zero-order valence-corrected chi connectivity index (χ0v) is 11.6. The average Bonchev–Trinajstić information content (AvgIpc) is 2.01. The molecule has 0 heterocycles. The summed E-state index contributed by atoms with van der Waals surface area (Å²) in [5.74, 6) is 0. The van der Waals surface area contributed by atoms with Gasteiger partial charge < -0.3 is 4.55 Å². The van der Waals surface area contributed by atoms with E-state index in [1.165, 1.54) is 0 Å². The van der Waals surface area contributed by atoms with Gasteiger partial charge in [0.1, 0.15) is 0 Å². The van der Waals surface area contributed by atoms with E-state index in [4.69, 9.17) is 0 Å². The van der Waals surface area contributed by atoms with E-state index in [9.17, 15) is 13.0 Å². The van der Waals surface area contributed by atoms with Crippen LogP contribution in [0.3, 0.4) is 0 Å². The minimum Gasteiger partial charge on any atom is -0.728 e. The molecule has 0 N–H and O–H groups in total. The number of hydrogen-bond acceptors (Lipinski definition) is 4. The Morgan fingerprint density at radius 3 is 2.07 bits per heavy atom. The van der Waals surface area contributed by atoms with Crippen LogP contribution in [0.25, 0.3) is 0 Å². The zero-order chi connectivity index (χ0) is 10.8. The van der Waals surface area contributed by atoms with Crippen molar-refractivity contribution < 1.29 is 42.5 Å². The molecule has 0 unspecified atom stereocenters. The topological polar surface area (TPSA) is 81.9 Å². The van der Waals surface area contributed by atoms with Crippen LogP contribution in [0, 0.1) is 13.8 Å². The molecule has 0 radical (unpaired) electrons. The first-order valence-corrected chi connectivity index (χ1v) is 5.22. The summed E-state index contributed by atoms with van der Waals surface area (Å²) in [6, 6.07) is 5.34. The molecule has 0 aliphatic carbocycles. The van der Waals surface area contributed by atoms with E-state index in [1.54, 1.807) is 26.0 Å². The van der Waals surface area contributed by atoms with Crippen LogP contribution in [0.2, 0.25) is 0 Å². The molecular weight excluding hydrogens is 227 g/mol. The summed E-state index contributed by atoms with van der Waals surface area (Å²) in [5.41, 5.74) is 1.97. The summed E-state index contributed by atoms with van der Waals surface area (Å²) in [4.78, 5) is 0. The Balaban J connectivity index is 0.00000196. The van der Waals surface area contributed by atoms with Gasteiger partial charge in [0.2, 0.25) is 10.3 Å². The van der Waals surface area contributed by atoms with Gasteiger partial charge in [-0.2, -0.15) is 0 Å². The molecule has 5 nitrogen and oxygen atoms in total. The molecule has 1 rings (SSSR count). The van der Waals surface area contributed by atoms with E-state index >= 15 is 0 Å². The Morgan fingerprint density at radius 2 is 1.67 bits per heavy atom. The van der Waals surface area contributed by atoms with Crippen molar-refractivity contribution in [3.63, 3.8) is 0 Å². The molecule has 0 saturated heterocycles. The van der Waals surface area contributed by atoms with E-state index in [0.717, 1.165) is 11.1 Å². The van der Waals surface area contributed by atoms with Crippen molar-refractivity contribution >= 4 is 16.0 Å². The van der Waals surface area contributed by atoms with E-state index in [1.807, 2.05) is 6.07 Å². The maximum absolute atomic E-state index is 10.2. The molecule has 76 valence electrons. The number of benzene rings is 1. The fourth-order valence-corrected chi connectivity index (χ4v) is 1.24. The Morgan fingerprint density at radius 1 is 1.20 bits per heavy atom. The molecule has 0 amide bonds. The second-order valence-corrected chi connectivity index (χ2v) is 3.87. The maximum atomic E-state index is 10.2. The number of aryl methyl sites for hydroxylation is 2. The van der Waals surface area contributed by atoms with Gasteiger partial charge in [0.25, 0.3) is 0 Å². The monoisotopic (exact) mass is 236 g/mol. The minimum atomic E-state index is -4.65. The van der Waals surface area contributed by atoms with Crippen LogP contribution in [-0.4, -0.2) is 13.0 Å². The van der Waals surface area contributed by atoms with Gasteiger partial charge in [-0.3, -0.25) is 0 Å². The maximum Gasteiger partial charge on any atom is 1.00 e. The zero-order valence-electron chi connectivity index (χ0n) is 8.76. The molecular formula is C8H9N2NaO3S. The molecule has 1 aromatic rings. The normalized spacial score (nSPS) is 11.4. The first-order valence-electron chi connectivity index (χ1n) is 3.85. The van der Waals surface area contributed by atoms with Gasteiger partial charge in [-0.05, 0) is 25.0 Å². The Bertz CT molecular complexity index is 451. The van der Waals surface area contributed by atoms with Crippen LogP contribution in [0.4, 0.5) is 5.69 Å². The Kier molecular flexibility index (Phi) is 5.61. The molecule has 0 atom stereocenters. The van der Waals surface area contributed by atoms with Crippen molar-refractivity contribution in [1.82, 2.24) is 0 Å². The van der Waals surface area contributed by atoms with Crippen LogP contribution in [0.1, 0.15) is 11.1 Å². The predicted octanol–water partition coefficient (Wildman–Crippen LogP) is -1.15. The molecule has 0 aliphatic heterocycles. The van der Waals surface area contributed by atoms with Crippen LogP contribution < -0.4 is 29.6 Å². The molecule has 0 bridgehead atoms. The number of nitrogens with zero attached hydrogens (tertiary/aromatic N) is 2. The fourth-order valence-electron chi connectivity index (χ4n) is 1.05. The molecule has 7 heteroatoms. The van der Waals surface area contributed by atoms with Crippen LogP contribution in [0.5, 0.6) is 0 Å². The van der Waals surface area contributed by atoms with Gasteiger partial charge in [0.05, 0.1) is 5.69 Å². The Labute approximate surface area is 111 Å². The third-order valence-corrected chi connectivity index (χ3v) is 1.96. The minimum absolute atomic E-state index is 0. The number of hydrogen-bond donors (Lipinski definition) is 0. The molecule has 15 heavy (non-hydrogen) atoms. The van der Waals surface area contributed by atoms with Crippen molar-refractivity contribution in [1.29, 1.82) is 0 Å². The van der Waals surface area contributed by atoms with Gasteiger partial charge in [0, 0.05) is 0 Å². The van der Waals surface area contributed by atoms with Crippen LogP contribution >= 0.6 is 0 Å². The summed E-state index contributed by atoms with van der Waals surface area (Å²) in [6.45, 7) is 3.53. The summed E-state index contributed by atoms with van der Waals surface area (Å²) in [5, 5.41) is 3.40. The largest absolute Gasteiger partial charge is 1.00 e. The quantitative estimate of drug-likeness (QED) is 0.369. The molecule has 0 aliphatic rings. The van der Waals surface area contributed by atoms with Crippen molar-refractivity contribution in [2.45, 2.75) is 13.8 Å². The first-order chi connectivity index (χ1) is 6.40. The third-order valence-electron chi connectivity index (χ3n) is 1.68. The van der Waals surface area contributed by atoms with Gasteiger partial charge in [-0.25, -0.2) is 8.42 Å². The predicted molar refractivity (Wildman–Crippen MR) is 50.1 cm³/mol. The van der Waals surface area contributed by atoms with Crippen molar-refractivity contribution in [3.8, 4) is 0 Å². The number of rotatable bonds is 2. The van der Waals surface area contributed by atoms with E-state index in [0.29, 0.717) is 5.69 Å². The molecule has 0 saturated carbocycles.